The van der Waals surface area contributed by atoms with Crippen LogP contribution in [0.3, 0.4) is 0 Å². The summed E-state index contributed by atoms with van der Waals surface area (Å²) < 4.78 is 0. The average Bonchev–Trinajstić information content (AvgIpc) is 2.29. The fraction of sp³-hybridized carbons (Fsp3) is 0.0833. The van der Waals surface area contributed by atoms with Crippen LogP contribution in [-0.2, 0) is 0 Å². The van der Waals surface area contributed by atoms with Crippen LogP contribution in [0.5, 0.6) is 0 Å². The van der Waals surface area contributed by atoms with E-state index in [0.717, 1.165) is 11.1 Å². The Morgan fingerprint density at radius 1 is 1.19 bits per heavy atom. The highest BCUT2D eigenvalue weighted by Crippen LogP contribution is 2.21. The van der Waals surface area contributed by atoms with E-state index in [9.17, 15) is 10.1 Å². The quantitative estimate of drug-likeness (QED) is 0.570. The Labute approximate surface area is 92.7 Å². The average molecular weight is 214 g/mol. The Hall–Kier alpha value is -2.23. The third kappa shape index (κ3) is 2.06. The molecule has 0 bridgehead atoms. The Bertz CT molecular complexity index is 524. The van der Waals surface area contributed by atoms with E-state index >= 15 is 0 Å². The molecule has 4 heteroatoms. The van der Waals surface area contributed by atoms with Gasteiger partial charge in [0.25, 0.3) is 0 Å². The van der Waals surface area contributed by atoms with Crippen molar-refractivity contribution in [2.24, 2.45) is 0 Å². The van der Waals surface area contributed by atoms with Crippen molar-refractivity contribution in [3.05, 3.63) is 58.1 Å². The van der Waals surface area contributed by atoms with Crippen molar-refractivity contribution in [1.82, 2.24) is 4.98 Å². The van der Waals surface area contributed by atoms with Crippen LogP contribution in [0.4, 0.5) is 5.82 Å². The van der Waals surface area contributed by atoms with Gasteiger partial charge < -0.3 is 10.1 Å². The van der Waals surface area contributed by atoms with Gasteiger partial charge in [-0.15, -0.1) is 0 Å². The SMILES string of the molecule is Cc1cc(-c2ccccc2)nc([N+](=O)[O-])c1. The lowest BCUT2D eigenvalue weighted by Gasteiger charge is -1.99. The fourth-order valence-corrected chi connectivity index (χ4v) is 1.50. The highest BCUT2D eigenvalue weighted by molar-refractivity contribution is 5.60. The maximum atomic E-state index is 10.7. The first-order valence-electron chi connectivity index (χ1n) is 4.85. The van der Waals surface area contributed by atoms with Gasteiger partial charge in [-0.05, 0) is 28.5 Å². The van der Waals surface area contributed by atoms with Gasteiger partial charge in [0.1, 0.15) is 0 Å². The molecule has 4 nitrogen and oxygen atoms in total. The Kier molecular flexibility index (Phi) is 2.64. The van der Waals surface area contributed by atoms with Gasteiger partial charge in [-0.1, -0.05) is 30.3 Å². The number of pyridine rings is 1. The van der Waals surface area contributed by atoms with Crippen LogP contribution in [0.15, 0.2) is 42.5 Å². The monoisotopic (exact) mass is 214 g/mol. The lowest BCUT2D eigenvalue weighted by Crippen LogP contribution is -1.94. The number of hydrogen-bond acceptors (Lipinski definition) is 3. The summed E-state index contributed by atoms with van der Waals surface area (Å²) in [7, 11) is 0. The molecule has 0 saturated heterocycles. The predicted molar refractivity (Wildman–Crippen MR) is 61.1 cm³/mol. The van der Waals surface area contributed by atoms with Gasteiger partial charge in [-0.3, -0.25) is 0 Å². The zero-order valence-corrected chi connectivity index (χ0v) is 8.75. The minimum atomic E-state index is -0.473. The van der Waals surface area contributed by atoms with E-state index in [4.69, 9.17) is 0 Å². The second kappa shape index (κ2) is 4.10. The number of nitro groups is 1. The van der Waals surface area contributed by atoms with Crippen molar-refractivity contribution >= 4 is 5.82 Å². The van der Waals surface area contributed by atoms with E-state index in [1.54, 1.807) is 0 Å². The third-order valence-corrected chi connectivity index (χ3v) is 2.21. The van der Waals surface area contributed by atoms with E-state index in [1.807, 2.05) is 43.3 Å². The predicted octanol–water partition coefficient (Wildman–Crippen LogP) is 2.97. The standard InChI is InChI=1S/C12H10N2O2/c1-9-7-11(10-5-3-2-4-6-10)13-12(8-9)14(15)16/h2-8H,1H3. The first-order valence-corrected chi connectivity index (χ1v) is 4.85. The lowest BCUT2D eigenvalue weighted by molar-refractivity contribution is -0.389. The van der Waals surface area contributed by atoms with Gasteiger partial charge in [-0.25, -0.2) is 0 Å². The number of hydrogen-bond donors (Lipinski definition) is 0. The summed E-state index contributed by atoms with van der Waals surface area (Å²) in [6, 6.07) is 12.7. The highest BCUT2D eigenvalue weighted by atomic mass is 16.6. The van der Waals surface area contributed by atoms with Crippen molar-refractivity contribution in [1.29, 1.82) is 0 Å². The fourth-order valence-electron chi connectivity index (χ4n) is 1.50. The number of nitrogens with zero attached hydrogens (tertiary/aromatic N) is 2. The number of aryl methyl sites for hydroxylation is 1. The van der Waals surface area contributed by atoms with Crippen LogP contribution in [-0.4, -0.2) is 9.91 Å². The summed E-state index contributed by atoms with van der Waals surface area (Å²) in [6.07, 6.45) is 0. The van der Waals surface area contributed by atoms with Crippen molar-refractivity contribution < 1.29 is 4.92 Å². The number of benzene rings is 1. The van der Waals surface area contributed by atoms with E-state index in [1.165, 1.54) is 6.07 Å². The molecule has 2 rings (SSSR count). The van der Waals surface area contributed by atoms with Gasteiger partial charge >= 0.3 is 5.82 Å². The Balaban J connectivity index is 2.54. The molecule has 0 unspecified atom stereocenters. The molecule has 0 atom stereocenters. The van der Waals surface area contributed by atoms with Gasteiger partial charge in [0.2, 0.25) is 0 Å². The van der Waals surface area contributed by atoms with Gasteiger partial charge in [0, 0.05) is 11.6 Å². The molecule has 2 aromatic rings. The summed E-state index contributed by atoms with van der Waals surface area (Å²) in [5.41, 5.74) is 2.35. The van der Waals surface area contributed by atoms with Crippen molar-refractivity contribution in [3.8, 4) is 11.3 Å². The highest BCUT2D eigenvalue weighted by Gasteiger charge is 2.12. The largest absolute Gasteiger partial charge is 0.364 e. The molecular weight excluding hydrogens is 204 g/mol. The second-order valence-electron chi connectivity index (χ2n) is 3.51. The maximum absolute atomic E-state index is 10.7. The molecular formula is C12H10N2O2. The molecule has 0 aliphatic rings. The van der Waals surface area contributed by atoms with Crippen LogP contribution in [0.2, 0.25) is 0 Å². The summed E-state index contributed by atoms with van der Waals surface area (Å²) >= 11 is 0. The van der Waals surface area contributed by atoms with Crippen molar-refractivity contribution in [2.45, 2.75) is 6.92 Å². The minimum absolute atomic E-state index is 0.112. The molecule has 0 aliphatic carbocycles. The topological polar surface area (TPSA) is 56.0 Å². The molecule has 16 heavy (non-hydrogen) atoms. The normalized spacial score (nSPS) is 10.1. The third-order valence-electron chi connectivity index (χ3n) is 2.21. The van der Waals surface area contributed by atoms with E-state index in [-0.39, 0.29) is 5.82 Å². The smallest absolute Gasteiger partial charge is 0.358 e. The first-order chi connectivity index (χ1) is 7.66. The van der Waals surface area contributed by atoms with Gasteiger partial charge in [-0.2, -0.15) is 0 Å². The molecule has 1 aromatic carbocycles. The minimum Gasteiger partial charge on any atom is -0.358 e. The van der Waals surface area contributed by atoms with E-state index in [0.29, 0.717) is 5.69 Å². The van der Waals surface area contributed by atoms with Crippen LogP contribution in [0.25, 0.3) is 11.3 Å². The molecule has 0 N–H and O–H groups in total. The van der Waals surface area contributed by atoms with Crippen LogP contribution >= 0.6 is 0 Å². The first kappa shape index (κ1) is 10.3. The van der Waals surface area contributed by atoms with Crippen LogP contribution < -0.4 is 0 Å². The van der Waals surface area contributed by atoms with Crippen molar-refractivity contribution in [3.63, 3.8) is 0 Å². The molecule has 0 fully saturated rings. The molecule has 0 radical (unpaired) electrons. The zero-order valence-electron chi connectivity index (χ0n) is 8.75. The molecule has 1 heterocycles. The van der Waals surface area contributed by atoms with Crippen molar-refractivity contribution in [2.75, 3.05) is 0 Å². The van der Waals surface area contributed by atoms with E-state index in [2.05, 4.69) is 4.98 Å². The van der Waals surface area contributed by atoms with Crippen LogP contribution in [0, 0.1) is 17.0 Å². The summed E-state index contributed by atoms with van der Waals surface area (Å²) in [5, 5.41) is 10.7. The Morgan fingerprint density at radius 3 is 2.50 bits per heavy atom. The second-order valence-corrected chi connectivity index (χ2v) is 3.51. The Morgan fingerprint density at radius 2 is 1.88 bits per heavy atom. The number of aromatic nitrogens is 1. The maximum Gasteiger partial charge on any atom is 0.364 e. The van der Waals surface area contributed by atoms with Crippen LogP contribution in [0.1, 0.15) is 5.56 Å². The molecule has 0 saturated carbocycles. The lowest BCUT2D eigenvalue weighted by atomic mass is 10.1. The molecule has 80 valence electrons. The zero-order chi connectivity index (χ0) is 11.5. The van der Waals surface area contributed by atoms with E-state index < -0.39 is 4.92 Å². The molecule has 0 amide bonds. The van der Waals surface area contributed by atoms with Gasteiger partial charge in [0.05, 0.1) is 0 Å². The summed E-state index contributed by atoms with van der Waals surface area (Å²) in [4.78, 5) is 14.2. The molecule has 0 spiro atoms. The summed E-state index contributed by atoms with van der Waals surface area (Å²) in [6.45, 7) is 1.82. The number of rotatable bonds is 2. The molecule has 1 aromatic heterocycles. The van der Waals surface area contributed by atoms with Gasteiger partial charge in [0.15, 0.2) is 5.69 Å². The summed E-state index contributed by atoms with van der Waals surface area (Å²) in [5.74, 6) is -0.112. The molecule has 0 aliphatic heterocycles.